The molecule has 2 aliphatic carbocycles. The van der Waals surface area contributed by atoms with Crippen LogP contribution in [0.4, 0.5) is 0 Å². The third-order valence-corrected chi connectivity index (χ3v) is 4.78. The molecule has 1 amide bonds. The van der Waals surface area contributed by atoms with E-state index in [-0.39, 0.29) is 5.91 Å². The van der Waals surface area contributed by atoms with Gasteiger partial charge in [0, 0.05) is 12.6 Å². The van der Waals surface area contributed by atoms with Gasteiger partial charge in [-0.15, -0.1) is 0 Å². The molecule has 0 aromatic heterocycles. The number of carbonyl (C=O) groups excluding carboxylic acids is 1. The van der Waals surface area contributed by atoms with E-state index in [4.69, 9.17) is 10.5 Å². The maximum Gasteiger partial charge on any atom is 0.237 e. The van der Waals surface area contributed by atoms with Crippen molar-refractivity contribution in [2.75, 3.05) is 6.61 Å². The fourth-order valence-electron chi connectivity index (χ4n) is 3.02. The SMILES string of the molecule is CC1CCC(OCCCC(C)(NC2CC2)C(N)=O)CC1. The van der Waals surface area contributed by atoms with E-state index in [0.29, 0.717) is 12.1 Å². The third-order valence-electron chi connectivity index (χ3n) is 4.78. The molecule has 20 heavy (non-hydrogen) atoms. The number of hydrogen-bond acceptors (Lipinski definition) is 3. The highest BCUT2D eigenvalue weighted by molar-refractivity contribution is 5.84. The van der Waals surface area contributed by atoms with Crippen LogP contribution in [0.1, 0.15) is 65.2 Å². The minimum atomic E-state index is -0.564. The molecule has 1 unspecified atom stereocenters. The Morgan fingerprint density at radius 3 is 2.45 bits per heavy atom. The van der Waals surface area contributed by atoms with Gasteiger partial charge < -0.3 is 15.8 Å². The third kappa shape index (κ3) is 4.74. The van der Waals surface area contributed by atoms with Crippen LogP contribution in [0.25, 0.3) is 0 Å². The molecule has 4 heteroatoms. The molecule has 4 nitrogen and oxygen atoms in total. The lowest BCUT2D eigenvalue weighted by Gasteiger charge is -2.29. The molecule has 0 aromatic rings. The summed E-state index contributed by atoms with van der Waals surface area (Å²) >= 11 is 0. The van der Waals surface area contributed by atoms with E-state index >= 15 is 0 Å². The van der Waals surface area contributed by atoms with E-state index in [1.54, 1.807) is 0 Å². The molecule has 0 aliphatic heterocycles. The van der Waals surface area contributed by atoms with Crippen molar-refractivity contribution < 1.29 is 9.53 Å². The Balaban J connectivity index is 1.64. The molecule has 0 aromatic carbocycles. The fraction of sp³-hybridized carbons (Fsp3) is 0.938. The summed E-state index contributed by atoms with van der Waals surface area (Å²) in [6.45, 7) is 4.99. The van der Waals surface area contributed by atoms with Gasteiger partial charge in [0.15, 0.2) is 0 Å². The molecule has 2 aliphatic rings. The molecule has 2 fully saturated rings. The molecule has 116 valence electrons. The molecule has 2 saturated carbocycles. The van der Waals surface area contributed by atoms with E-state index in [1.165, 1.54) is 38.5 Å². The zero-order valence-electron chi connectivity index (χ0n) is 13.0. The van der Waals surface area contributed by atoms with E-state index in [0.717, 1.165) is 25.4 Å². The summed E-state index contributed by atoms with van der Waals surface area (Å²) in [5.74, 6) is 0.617. The quantitative estimate of drug-likeness (QED) is 0.672. The number of primary amides is 1. The van der Waals surface area contributed by atoms with Gasteiger partial charge in [-0.25, -0.2) is 0 Å². The highest BCUT2D eigenvalue weighted by Crippen LogP contribution is 2.27. The second kappa shape index (κ2) is 6.90. The van der Waals surface area contributed by atoms with E-state index in [2.05, 4.69) is 12.2 Å². The number of nitrogens with one attached hydrogen (secondary N) is 1. The second-order valence-corrected chi connectivity index (χ2v) is 6.97. The lowest BCUT2D eigenvalue weighted by atomic mass is 9.89. The second-order valence-electron chi connectivity index (χ2n) is 6.97. The highest BCUT2D eigenvalue weighted by atomic mass is 16.5. The standard InChI is InChI=1S/C16H30N2O2/c1-12-4-8-14(9-5-12)20-11-3-10-16(2,15(17)19)18-13-6-7-13/h12-14,18H,3-11H2,1-2H3,(H2,17,19). The number of hydrogen-bond donors (Lipinski definition) is 2. The number of rotatable bonds is 8. The molecule has 1 atom stereocenters. The zero-order chi connectivity index (χ0) is 14.6. The van der Waals surface area contributed by atoms with Gasteiger partial charge in [-0.1, -0.05) is 6.92 Å². The van der Waals surface area contributed by atoms with Crippen LogP contribution >= 0.6 is 0 Å². The van der Waals surface area contributed by atoms with Gasteiger partial charge in [0.25, 0.3) is 0 Å². The Morgan fingerprint density at radius 2 is 1.90 bits per heavy atom. The first-order chi connectivity index (χ1) is 9.49. The molecule has 0 heterocycles. The van der Waals surface area contributed by atoms with Crippen LogP contribution in [0.15, 0.2) is 0 Å². The Morgan fingerprint density at radius 1 is 1.25 bits per heavy atom. The molecular formula is C16H30N2O2. The topological polar surface area (TPSA) is 64.3 Å². The van der Waals surface area contributed by atoms with Gasteiger partial charge >= 0.3 is 0 Å². The fourth-order valence-corrected chi connectivity index (χ4v) is 3.02. The minimum absolute atomic E-state index is 0.240. The Labute approximate surface area is 122 Å². The molecule has 0 bridgehead atoms. The summed E-state index contributed by atoms with van der Waals surface area (Å²) in [4.78, 5) is 11.6. The van der Waals surface area contributed by atoms with Crippen molar-refractivity contribution >= 4 is 5.91 Å². The van der Waals surface area contributed by atoms with Gasteiger partial charge in [0.1, 0.15) is 0 Å². The summed E-state index contributed by atoms with van der Waals surface area (Å²) in [5.41, 5.74) is 4.98. The van der Waals surface area contributed by atoms with Crippen LogP contribution in [0.3, 0.4) is 0 Å². The van der Waals surface area contributed by atoms with Crippen LogP contribution in [0.2, 0.25) is 0 Å². The van der Waals surface area contributed by atoms with Crippen molar-refractivity contribution in [2.24, 2.45) is 11.7 Å². The largest absolute Gasteiger partial charge is 0.378 e. The monoisotopic (exact) mass is 282 g/mol. The Bertz CT molecular complexity index is 322. The van der Waals surface area contributed by atoms with Gasteiger partial charge in [-0.05, 0) is 64.2 Å². The van der Waals surface area contributed by atoms with Crippen LogP contribution in [0, 0.1) is 5.92 Å². The molecule has 0 saturated heterocycles. The van der Waals surface area contributed by atoms with Crippen LogP contribution in [0.5, 0.6) is 0 Å². The number of ether oxygens (including phenoxy) is 1. The van der Waals surface area contributed by atoms with Crippen molar-refractivity contribution in [3.8, 4) is 0 Å². The molecule has 3 N–H and O–H groups in total. The Kier molecular flexibility index (Phi) is 5.44. The van der Waals surface area contributed by atoms with Gasteiger partial charge in [-0.2, -0.15) is 0 Å². The van der Waals surface area contributed by atoms with Gasteiger partial charge in [0.05, 0.1) is 11.6 Å². The zero-order valence-corrected chi connectivity index (χ0v) is 13.0. The van der Waals surface area contributed by atoms with Crippen molar-refractivity contribution in [3.05, 3.63) is 0 Å². The molecule has 0 spiro atoms. The van der Waals surface area contributed by atoms with Gasteiger partial charge in [-0.3, -0.25) is 4.79 Å². The lowest BCUT2D eigenvalue weighted by Crippen LogP contribution is -2.54. The summed E-state index contributed by atoms with van der Waals surface area (Å²) in [6, 6.07) is 0.494. The minimum Gasteiger partial charge on any atom is -0.378 e. The summed E-state index contributed by atoms with van der Waals surface area (Å²) in [5, 5.41) is 3.38. The van der Waals surface area contributed by atoms with E-state index in [9.17, 15) is 4.79 Å². The predicted molar refractivity (Wildman–Crippen MR) is 80.4 cm³/mol. The highest BCUT2D eigenvalue weighted by Gasteiger charge is 2.36. The van der Waals surface area contributed by atoms with Gasteiger partial charge in [0.2, 0.25) is 5.91 Å². The normalized spacial score (nSPS) is 29.9. The molecule has 2 rings (SSSR count). The number of amides is 1. The average molecular weight is 282 g/mol. The summed E-state index contributed by atoms with van der Waals surface area (Å²) < 4.78 is 5.95. The van der Waals surface area contributed by atoms with Crippen LogP contribution in [-0.2, 0) is 9.53 Å². The Hall–Kier alpha value is -0.610. The van der Waals surface area contributed by atoms with Crippen molar-refractivity contribution in [3.63, 3.8) is 0 Å². The van der Waals surface area contributed by atoms with Crippen molar-refractivity contribution in [1.29, 1.82) is 0 Å². The first-order valence-corrected chi connectivity index (χ1v) is 8.19. The van der Waals surface area contributed by atoms with E-state index < -0.39 is 5.54 Å². The van der Waals surface area contributed by atoms with Crippen LogP contribution in [-0.4, -0.2) is 30.2 Å². The average Bonchev–Trinajstić information content (AvgIpc) is 3.20. The smallest absolute Gasteiger partial charge is 0.237 e. The molecule has 0 radical (unpaired) electrons. The summed E-state index contributed by atoms with van der Waals surface area (Å²) in [6.07, 6.45) is 9.37. The predicted octanol–water partition coefficient (Wildman–Crippen LogP) is 2.36. The molecular weight excluding hydrogens is 252 g/mol. The van der Waals surface area contributed by atoms with Crippen molar-refractivity contribution in [1.82, 2.24) is 5.32 Å². The summed E-state index contributed by atoms with van der Waals surface area (Å²) in [7, 11) is 0. The van der Waals surface area contributed by atoms with E-state index in [1.807, 2.05) is 6.92 Å². The first kappa shape index (κ1) is 15.8. The van der Waals surface area contributed by atoms with Crippen LogP contribution < -0.4 is 11.1 Å². The van der Waals surface area contributed by atoms with Crippen molar-refractivity contribution in [2.45, 2.75) is 82.9 Å². The lowest BCUT2D eigenvalue weighted by molar-refractivity contribution is -0.124. The number of nitrogens with two attached hydrogens (primary N) is 1. The number of carbonyl (C=O) groups is 1. The first-order valence-electron chi connectivity index (χ1n) is 8.19. The maximum absolute atomic E-state index is 11.6. The maximum atomic E-state index is 11.6.